The van der Waals surface area contributed by atoms with Crippen LogP contribution in [-0.2, 0) is 19.1 Å². The molecule has 0 aromatic carbocycles. The number of ether oxygens (including phenoxy) is 1. The number of carbonyl (C=O) groups is 3. The van der Waals surface area contributed by atoms with Crippen LogP contribution in [0.4, 0.5) is 0 Å². The van der Waals surface area contributed by atoms with E-state index in [-0.39, 0.29) is 31.2 Å². The van der Waals surface area contributed by atoms with Gasteiger partial charge < -0.3 is 20.5 Å². The maximum Gasteiger partial charge on any atom is 0.326 e. The number of esters is 1. The Morgan fingerprint density at radius 3 is 2.42 bits per heavy atom. The lowest BCUT2D eigenvalue weighted by molar-refractivity contribution is -0.144. The van der Waals surface area contributed by atoms with E-state index >= 15 is 0 Å². The van der Waals surface area contributed by atoms with Gasteiger partial charge in [-0.3, -0.25) is 9.59 Å². The van der Waals surface area contributed by atoms with Gasteiger partial charge in [0.05, 0.1) is 7.11 Å². The molecule has 0 bridgehead atoms. The van der Waals surface area contributed by atoms with E-state index in [1.54, 1.807) is 0 Å². The van der Waals surface area contributed by atoms with Gasteiger partial charge in [0, 0.05) is 18.9 Å². The summed E-state index contributed by atoms with van der Waals surface area (Å²) in [7, 11) is 1.23. The standard InChI is InChI=1S/C12H22N2O5/c1-4-13-8(2)7-10(15)14-9(12(17)18)5-6-11(16)19-3/h8-9,13H,4-7H2,1-3H3,(H,14,15)(H,17,18). The summed E-state index contributed by atoms with van der Waals surface area (Å²) in [6.07, 6.45) is 0.162. The van der Waals surface area contributed by atoms with Crippen molar-refractivity contribution in [1.29, 1.82) is 0 Å². The lowest BCUT2D eigenvalue weighted by Crippen LogP contribution is -2.43. The summed E-state index contributed by atoms with van der Waals surface area (Å²) in [6.45, 7) is 4.50. The van der Waals surface area contributed by atoms with Gasteiger partial charge in [0.1, 0.15) is 6.04 Å². The van der Waals surface area contributed by atoms with E-state index < -0.39 is 18.0 Å². The molecule has 0 heterocycles. The summed E-state index contributed by atoms with van der Waals surface area (Å²) in [5.74, 6) is -2.01. The summed E-state index contributed by atoms with van der Waals surface area (Å²) in [5, 5.41) is 14.4. The molecule has 110 valence electrons. The molecule has 1 amide bonds. The number of methoxy groups -OCH3 is 1. The van der Waals surface area contributed by atoms with E-state index in [4.69, 9.17) is 5.11 Å². The summed E-state index contributed by atoms with van der Waals surface area (Å²) in [6, 6.07) is -1.10. The predicted molar refractivity (Wildman–Crippen MR) is 68.6 cm³/mol. The maximum absolute atomic E-state index is 11.6. The zero-order valence-corrected chi connectivity index (χ0v) is 11.6. The fourth-order valence-electron chi connectivity index (χ4n) is 1.57. The van der Waals surface area contributed by atoms with E-state index in [0.717, 1.165) is 6.54 Å². The Hall–Kier alpha value is -1.63. The van der Waals surface area contributed by atoms with Crippen molar-refractivity contribution >= 4 is 17.8 Å². The van der Waals surface area contributed by atoms with Crippen molar-refractivity contribution in [3.05, 3.63) is 0 Å². The van der Waals surface area contributed by atoms with Gasteiger partial charge in [-0.05, 0) is 19.9 Å². The van der Waals surface area contributed by atoms with Crippen molar-refractivity contribution in [1.82, 2.24) is 10.6 Å². The van der Waals surface area contributed by atoms with Gasteiger partial charge in [0.25, 0.3) is 0 Å². The predicted octanol–water partition coefficient (Wildman–Crippen LogP) is -0.103. The smallest absolute Gasteiger partial charge is 0.326 e. The second-order valence-electron chi connectivity index (χ2n) is 4.24. The van der Waals surface area contributed by atoms with Crippen molar-refractivity contribution in [2.75, 3.05) is 13.7 Å². The highest BCUT2D eigenvalue weighted by Crippen LogP contribution is 2.01. The number of carboxylic acid groups (broad SMARTS) is 1. The summed E-state index contributed by atoms with van der Waals surface area (Å²) in [4.78, 5) is 33.5. The van der Waals surface area contributed by atoms with E-state index in [1.165, 1.54) is 7.11 Å². The molecule has 0 aliphatic heterocycles. The number of hydrogen-bond acceptors (Lipinski definition) is 5. The molecule has 0 saturated heterocycles. The van der Waals surface area contributed by atoms with Crippen LogP contribution in [-0.4, -0.2) is 48.7 Å². The number of carbonyl (C=O) groups excluding carboxylic acids is 2. The van der Waals surface area contributed by atoms with Crippen molar-refractivity contribution in [2.45, 2.75) is 45.2 Å². The number of aliphatic carboxylic acids is 1. The van der Waals surface area contributed by atoms with Gasteiger partial charge in [-0.15, -0.1) is 0 Å². The van der Waals surface area contributed by atoms with Gasteiger partial charge >= 0.3 is 11.9 Å². The number of nitrogens with one attached hydrogen (secondary N) is 2. The lowest BCUT2D eigenvalue weighted by atomic mass is 10.1. The summed E-state index contributed by atoms with van der Waals surface area (Å²) < 4.78 is 4.43. The Morgan fingerprint density at radius 2 is 1.95 bits per heavy atom. The third-order valence-corrected chi connectivity index (χ3v) is 2.54. The molecule has 0 spiro atoms. The second-order valence-corrected chi connectivity index (χ2v) is 4.24. The van der Waals surface area contributed by atoms with Gasteiger partial charge in [0.2, 0.25) is 5.91 Å². The van der Waals surface area contributed by atoms with E-state index in [1.807, 2.05) is 13.8 Å². The molecule has 7 heteroatoms. The monoisotopic (exact) mass is 274 g/mol. The fourth-order valence-corrected chi connectivity index (χ4v) is 1.57. The molecular weight excluding hydrogens is 252 g/mol. The Labute approximate surface area is 112 Å². The van der Waals surface area contributed by atoms with Crippen LogP contribution < -0.4 is 10.6 Å². The molecule has 0 radical (unpaired) electrons. The Balaban J connectivity index is 4.22. The van der Waals surface area contributed by atoms with Crippen LogP contribution in [0.3, 0.4) is 0 Å². The van der Waals surface area contributed by atoms with Crippen LogP contribution in [0.15, 0.2) is 0 Å². The Bertz CT molecular complexity index is 319. The zero-order valence-electron chi connectivity index (χ0n) is 11.6. The fraction of sp³-hybridized carbons (Fsp3) is 0.750. The van der Waals surface area contributed by atoms with Crippen LogP contribution in [0.1, 0.15) is 33.1 Å². The molecule has 0 aromatic heterocycles. The van der Waals surface area contributed by atoms with Gasteiger partial charge in [-0.2, -0.15) is 0 Å². The molecule has 2 atom stereocenters. The van der Waals surface area contributed by atoms with Crippen molar-refractivity contribution in [3.63, 3.8) is 0 Å². The molecule has 0 saturated carbocycles. The summed E-state index contributed by atoms with van der Waals surface area (Å²) >= 11 is 0. The van der Waals surface area contributed by atoms with E-state index in [0.29, 0.717) is 0 Å². The molecule has 7 nitrogen and oxygen atoms in total. The molecule has 0 rings (SSSR count). The minimum Gasteiger partial charge on any atom is -0.480 e. The van der Waals surface area contributed by atoms with Crippen molar-refractivity contribution in [3.8, 4) is 0 Å². The van der Waals surface area contributed by atoms with Crippen molar-refractivity contribution in [2.24, 2.45) is 0 Å². The highest BCUT2D eigenvalue weighted by molar-refractivity contribution is 5.84. The molecule has 0 fully saturated rings. The topological polar surface area (TPSA) is 105 Å². The number of carboxylic acids is 1. The van der Waals surface area contributed by atoms with Crippen LogP contribution in [0.25, 0.3) is 0 Å². The first-order valence-corrected chi connectivity index (χ1v) is 6.23. The number of hydrogen-bond donors (Lipinski definition) is 3. The lowest BCUT2D eigenvalue weighted by Gasteiger charge is -2.16. The molecule has 0 aliphatic carbocycles. The minimum absolute atomic E-state index is 0.0172. The Kier molecular flexibility index (Phi) is 8.52. The average molecular weight is 274 g/mol. The third kappa shape index (κ3) is 8.15. The van der Waals surface area contributed by atoms with Crippen LogP contribution in [0, 0.1) is 0 Å². The largest absolute Gasteiger partial charge is 0.480 e. The normalized spacial score (nSPS) is 13.4. The number of rotatable bonds is 9. The minimum atomic E-state index is -1.16. The SMILES string of the molecule is CCNC(C)CC(=O)NC(CCC(=O)OC)C(=O)O. The quantitative estimate of drug-likeness (QED) is 0.507. The zero-order chi connectivity index (χ0) is 14.8. The van der Waals surface area contributed by atoms with Crippen LogP contribution >= 0.6 is 0 Å². The van der Waals surface area contributed by atoms with Gasteiger partial charge in [-0.1, -0.05) is 6.92 Å². The molecule has 0 aromatic rings. The first-order chi connectivity index (χ1) is 8.90. The third-order valence-electron chi connectivity index (χ3n) is 2.54. The van der Waals surface area contributed by atoms with E-state index in [2.05, 4.69) is 15.4 Å². The first-order valence-electron chi connectivity index (χ1n) is 6.23. The molecular formula is C12H22N2O5. The van der Waals surface area contributed by atoms with E-state index in [9.17, 15) is 14.4 Å². The number of amides is 1. The maximum atomic E-state index is 11.6. The van der Waals surface area contributed by atoms with Crippen LogP contribution in [0.5, 0.6) is 0 Å². The Morgan fingerprint density at radius 1 is 1.32 bits per heavy atom. The average Bonchev–Trinajstić information content (AvgIpc) is 2.33. The second kappa shape index (κ2) is 9.32. The van der Waals surface area contributed by atoms with Gasteiger partial charge in [0.15, 0.2) is 0 Å². The first kappa shape index (κ1) is 17.4. The summed E-state index contributed by atoms with van der Waals surface area (Å²) in [5.41, 5.74) is 0. The molecule has 3 N–H and O–H groups in total. The molecule has 2 unspecified atom stereocenters. The molecule has 0 aliphatic rings. The van der Waals surface area contributed by atoms with Gasteiger partial charge in [-0.25, -0.2) is 4.79 Å². The highest BCUT2D eigenvalue weighted by Gasteiger charge is 2.21. The molecule has 19 heavy (non-hydrogen) atoms. The van der Waals surface area contributed by atoms with Crippen LogP contribution in [0.2, 0.25) is 0 Å². The highest BCUT2D eigenvalue weighted by atomic mass is 16.5. The van der Waals surface area contributed by atoms with Crippen molar-refractivity contribution < 1.29 is 24.2 Å².